The molecule has 2 atom stereocenters. The fourth-order valence-corrected chi connectivity index (χ4v) is 3.26. The van der Waals surface area contributed by atoms with E-state index in [0.29, 0.717) is 4.47 Å². The van der Waals surface area contributed by atoms with Gasteiger partial charge in [0.15, 0.2) is 0 Å². The Hall–Kier alpha value is -0.410. The highest BCUT2D eigenvalue weighted by Gasteiger charge is 2.28. The molecule has 1 nitrogen and oxygen atoms in total. The van der Waals surface area contributed by atoms with E-state index in [4.69, 9.17) is 5.73 Å². The Kier molecular flexibility index (Phi) is 4.44. The normalized spacial score (nSPS) is 29.0. The van der Waals surface area contributed by atoms with Gasteiger partial charge in [-0.15, -0.1) is 0 Å². The summed E-state index contributed by atoms with van der Waals surface area (Å²) in [6.45, 7) is 2.31. The minimum Gasteiger partial charge on any atom is -0.325 e. The Morgan fingerprint density at radius 1 is 1.39 bits per heavy atom. The topological polar surface area (TPSA) is 26.0 Å². The molecule has 100 valence electrons. The molecule has 2 N–H and O–H groups in total. The molecule has 0 saturated heterocycles. The van der Waals surface area contributed by atoms with Crippen LogP contribution in [-0.4, -0.2) is 5.54 Å². The van der Waals surface area contributed by atoms with Gasteiger partial charge >= 0.3 is 0 Å². The van der Waals surface area contributed by atoms with Crippen molar-refractivity contribution in [2.75, 3.05) is 0 Å². The van der Waals surface area contributed by atoms with Crippen molar-refractivity contribution >= 4 is 15.9 Å². The minimum atomic E-state index is -0.209. The van der Waals surface area contributed by atoms with Crippen LogP contribution in [0.25, 0.3) is 0 Å². The second-order valence-corrected chi connectivity index (χ2v) is 6.68. The quantitative estimate of drug-likeness (QED) is 0.803. The summed E-state index contributed by atoms with van der Waals surface area (Å²) in [6, 6.07) is 5.23. The third kappa shape index (κ3) is 3.55. The van der Waals surface area contributed by atoms with E-state index in [9.17, 15) is 4.39 Å². The summed E-state index contributed by atoms with van der Waals surface area (Å²) in [7, 11) is 0. The lowest BCUT2D eigenvalue weighted by molar-refractivity contribution is 0.363. The van der Waals surface area contributed by atoms with Crippen molar-refractivity contribution in [1.82, 2.24) is 0 Å². The van der Waals surface area contributed by atoms with E-state index in [0.717, 1.165) is 30.7 Å². The van der Waals surface area contributed by atoms with Gasteiger partial charge in [0.25, 0.3) is 0 Å². The zero-order valence-electron chi connectivity index (χ0n) is 10.9. The third-order valence-electron chi connectivity index (χ3n) is 4.05. The highest BCUT2D eigenvalue weighted by atomic mass is 79.9. The Morgan fingerprint density at radius 2 is 2.17 bits per heavy atom. The predicted octanol–water partition coefficient (Wildman–Crippen LogP) is 4.43. The zero-order chi connectivity index (χ0) is 13.2. The van der Waals surface area contributed by atoms with E-state index < -0.39 is 0 Å². The van der Waals surface area contributed by atoms with E-state index in [2.05, 4.69) is 22.9 Å². The maximum atomic E-state index is 13.2. The Morgan fingerprint density at radius 3 is 2.89 bits per heavy atom. The SMILES string of the molecule is CC1CCCC(N)(Cc2ccc(F)c(Br)c2)CC1. The van der Waals surface area contributed by atoms with Crippen LogP contribution in [0.4, 0.5) is 4.39 Å². The van der Waals surface area contributed by atoms with Crippen LogP contribution < -0.4 is 5.73 Å². The van der Waals surface area contributed by atoms with Gasteiger partial charge in [-0.05, 0) is 65.2 Å². The van der Waals surface area contributed by atoms with E-state index in [1.807, 2.05) is 12.1 Å². The molecular formula is C15H21BrFN. The van der Waals surface area contributed by atoms with Gasteiger partial charge in [-0.1, -0.05) is 25.8 Å². The van der Waals surface area contributed by atoms with Crippen molar-refractivity contribution in [2.45, 2.75) is 51.0 Å². The number of hydrogen-bond acceptors (Lipinski definition) is 1. The lowest BCUT2D eigenvalue weighted by Crippen LogP contribution is -2.41. The smallest absolute Gasteiger partial charge is 0.137 e. The van der Waals surface area contributed by atoms with Gasteiger partial charge < -0.3 is 5.73 Å². The van der Waals surface area contributed by atoms with Crippen LogP contribution >= 0.6 is 15.9 Å². The zero-order valence-corrected chi connectivity index (χ0v) is 12.5. The minimum absolute atomic E-state index is 0.109. The Balaban J connectivity index is 2.09. The van der Waals surface area contributed by atoms with Crippen LogP contribution in [-0.2, 0) is 6.42 Å². The summed E-state index contributed by atoms with van der Waals surface area (Å²) in [5.74, 6) is 0.578. The fourth-order valence-electron chi connectivity index (χ4n) is 2.84. The van der Waals surface area contributed by atoms with Crippen LogP contribution in [0, 0.1) is 11.7 Å². The molecular weight excluding hydrogens is 293 g/mol. The van der Waals surface area contributed by atoms with Crippen LogP contribution in [0.5, 0.6) is 0 Å². The summed E-state index contributed by atoms with van der Waals surface area (Å²) in [4.78, 5) is 0. The van der Waals surface area contributed by atoms with E-state index in [-0.39, 0.29) is 11.4 Å². The van der Waals surface area contributed by atoms with E-state index in [1.54, 1.807) is 0 Å². The molecule has 1 aliphatic carbocycles. The average molecular weight is 314 g/mol. The summed E-state index contributed by atoms with van der Waals surface area (Å²) in [5, 5.41) is 0. The molecule has 1 aliphatic rings. The van der Waals surface area contributed by atoms with Crippen molar-refractivity contribution in [3.8, 4) is 0 Å². The maximum Gasteiger partial charge on any atom is 0.137 e. The van der Waals surface area contributed by atoms with Crippen molar-refractivity contribution < 1.29 is 4.39 Å². The first kappa shape index (κ1) is 14.0. The van der Waals surface area contributed by atoms with Crippen molar-refractivity contribution in [3.05, 3.63) is 34.1 Å². The van der Waals surface area contributed by atoms with Gasteiger partial charge in [0.2, 0.25) is 0 Å². The van der Waals surface area contributed by atoms with Gasteiger partial charge in [0, 0.05) is 5.54 Å². The van der Waals surface area contributed by atoms with Crippen molar-refractivity contribution in [1.29, 1.82) is 0 Å². The molecule has 0 aliphatic heterocycles. The molecule has 0 aromatic heterocycles. The molecule has 0 amide bonds. The maximum absolute atomic E-state index is 13.2. The van der Waals surface area contributed by atoms with Crippen LogP contribution in [0.15, 0.2) is 22.7 Å². The molecule has 0 radical (unpaired) electrons. The van der Waals surface area contributed by atoms with Crippen molar-refractivity contribution in [2.24, 2.45) is 11.7 Å². The third-order valence-corrected chi connectivity index (χ3v) is 4.65. The van der Waals surface area contributed by atoms with Gasteiger partial charge in [-0.25, -0.2) is 4.39 Å². The van der Waals surface area contributed by atoms with Gasteiger partial charge in [0.1, 0.15) is 5.82 Å². The van der Waals surface area contributed by atoms with Gasteiger partial charge in [-0.2, -0.15) is 0 Å². The van der Waals surface area contributed by atoms with Gasteiger partial charge in [-0.3, -0.25) is 0 Å². The largest absolute Gasteiger partial charge is 0.325 e. The molecule has 1 saturated carbocycles. The highest BCUT2D eigenvalue weighted by Crippen LogP contribution is 2.31. The monoisotopic (exact) mass is 313 g/mol. The molecule has 1 aromatic rings. The molecule has 0 bridgehead atoms. The second kappa shape index (κ2) is 5.70. The molecule has 1 aromatic carbocycles. The average Bonchev–Trinajstić information content (AvgIpc) is 2.47. The Labute approximate surface area is 117 Å². The summed E-state index contributed by atoms with van der Waals surface area (Å²) >= 11 is 3.24. The number of nitrogens with two attached hydrogens (primary N) is 1. The lowest BCUT2D eigenvalue weighted by atomic mass is 9.84. The second-order valence-electron chi connectivity index (χ2n) is 5.82. The molecule has 1 fully saturated rings. The first-order chi connectivity index (χ1) is 8.48. The first-order valence-corrected chi connectivity index (χ1v) is 7.51. The van der Waals surface area contributed by atoms with Crippen LogP contribution in [0.3, 0.4) is 0 Å². The molecule has 18 heavy (non-hydrogen) atoms. The lowest BCUT2D eigenvalue weighted by Gasteiger charge is -2.28. The molecule has 0 heterocycles. The summed E-state index contributed by atoms with van der Waals surface area (Å²) in [5.41, 5.74) is 7.55. The fraction of sp³-hybridized carbons (Fsp3) is 0.600. The Bertz CT molecular complexity index is 421. The van der Waals surface area contributed by atoms with E-state index in [1.165, 1.54) is 25.3 Å². The molecule has 0 spiro atoms. The standard InChI is InChI=1S/C15H21BrFN/c1-11-3-2-7-15(18,8-6-11)10-12-4-5-14(17)13(16)9-12/h4-5,9,11H,2-3,6-8,10,18H2,1H3. The van der Waals surface area contributed by atoms with Crippen LogP contribution in [0.1, 0.15) is 44.6 Å². The molecule has 2 unspecified atom stereocenters. The van der Waals surface area contributed by atoms with Crippen LogP contribution in [0.2, 0.25) is 0 Å². The van der Waals surface area contributed by atoms with Crippen molar-refractivity contribution in [3.63, 3.8) is 0 Å². The summed E-state index contributed by atoms with van der Waals surface area (Å²) < 4.78 is 13.7. The predicted molar refractivity (Wildman–Crippen MR) is 77.0 cm³/mol. The van der Waals surface area contributed by atoms with E-state index >= 15 is 0 Å². The number of benzene rings is 1. The number of rotatable bonds is 2. The summed E-state index contributed by atoms with van der Waals surface area (Å²) in [6.07, 6.45) is 6.69. The number of hydrogen-bond donors (Lipinski definition) is 1. The number of halogens is 2. The molecule has 3 heteroatoms. The highest BCUT2D eigenvalue weighted by molar-refractivity contribution is 9.10. The molecule has 2 rings (SSSR count). The first-order valence-electron chi connectivity index (χ1n) is 6.71. The van der Waals surface area contributed by atoms with Gasteiger partial charge in [0.05, 0.1) is 4.47 Å².